The van der Waals surface area contributed by atoms with Crippen molar-refractivity contribution in [2.45, 2.75) is 26.2 Å². The maximum absolute atomic E-state index is 12.7. The van der Waals surface area contributed by atoms with E-state index in [1.165, 1.54) is 16.2 Å². The number of carbonyl (C=O) groups excluding carboxylic acids is 1. The maximum atomic E-state index is 12.7. The second kappa shape index (κ2) is 7.63. The van der Waals surface area contributed by atoms with E-state index in [4.69, 9.17) is 27.6 Å². The summed E-state index contributed by atoms with van der Waals surface area (Å²) in [6.07, 6.45) is 2.90. The molecule has 4 nitrogen and oxygen atoms in total. The van der Waals surface area contributed by atoms with Crippen LogP contribution in [-0.4, -0.2) is 5.91 Å². The predicted molar refractivity (Wildman–Crippen MR) is 112 cm³/mol. The second-order valence-corrected chi connectivity index (χ2v) is 8.83. The Morgan fingerprint density at radius 3 is 2.86 bits per heavy atom. The van der Waals surface area contributed by atoms with E-state index in [1.807, 2.05) is 0 Å². The molecule has 2 heterocycles. The summed E-state index contributed by atoms with van der Waals surface area (Å²) in [6, 6.07) is 10.7. The Labute approximate surface area is 176 Å². The van der Waals surface area contributed by atoms with Crippen molar-refractivity contribution >= 4 is 45.4 Å². The Hall–Kier alpha value is -2.26. The van der Waals surface area contributed by atoms with Crippen LogP contribution in [0, 0.1) is 17.2 Å². The fraction of sp³-hybridized carbons (Fsp3) is 0.238. The minimum atomic E-state index is -0.380. The zero-order chi connectivity index (χ0) is 19.8. The first-order chi connectivity index (χ1) is 13.5. The second-order valence-electron chi connectivity index (χ2n) is 6.91. The Morgan fingerprint density at radius 2 is 2.11 bits per heavy atom. The molecule has 0 radical (unpaired) electrons. The van der Waals surface area contributed by atoms with Crippen molar-refractivity contribution in [1.29, 1.82) is 5.26 Å². The molecule has 0 fully saturated rings. The van der Waals surface area contributed by atoms with Crippen LogP contribution in [0.25, 0.3) is 11.3 Å². The number of thiophene rings is 1. The van der Waals surface area contributed by atoms with Crippen LogP contribution < -0.4 is 5.32 Å². The summed E-state index contributed by atoms with van der Waals surface area (Å²) in [6.45, 7) is 2.21. The van der Waals surface area contributed by atoms with Gasteiger partial charge in [0.1, 0.15) is 16.8 Å². The monoisotopic (exact) mass is 430 g/mol. The Bertz CT molecular complexity index is 1110. The molecule has 1 N–H and O–H groups in total. The highest BCUT2D eigenvalue weighted by Gasteiger charge is 2.25. The van der Waals surface area contributed by atoms with E-state index >= 15 is 0 Å². The summed E-state index contributed by atoms with van der Waals surface area (Å²) < 4.78 is 5.70. The van der Waals surface area contributed by atoms with Crippen LogP contribution in [0.3, 0.4) is 0 Å². The highest BCUT2D eigenvalue weighted by atomic mass is 35.5. The molecule has 0 bridgehead atoms. The molecular weight excluding hydrogens is 415 g/mol. The van der Waals surface area contributed by atoms with Gasteiger partial charge in [0.05, 0.1) is 15.6 Å². The molecule has 1 aliphatic carbocycles. The van der Waals surface area contributed by atoms with Crippen LogP contribution in [0.2, 0.25) is 10.0 Å². The lowest BCUT2D eigenvalue weighted by Gasteiger charge is -2.17. The number of amides is 1. The van der Waals surface area contributed by atoms with Crippen LogP contribution in [0.5, 0.6) is 0 Å². The van der Waals surface area contributed by atoms with Gasteiger partial charge >= 0.3 is 0 Å². The van der Waals surface area contributed by atoms with Gasteiger partial charge in [-0.15, -0.1) is 11.3 Å². The van der Waals surface area contributed by atoms with Gasteiger partial charge in [0, 0.05) is 10.4 Å². The zero-order valence-corrected chi connectivity index (χ0v) is 17.3. The van der Waals surface area contributed by atoms with Crippen LogP contribution >= 0.6 is 34.5 Å². The predicted octanol–water partition coefficient (Wildman–Crippen LogP) is 6.56. The van der Waals surface area contributed by atoms with Gasteiger partial charge in [-0.3, -0.25) is 4.79 Å². The molecule has 0 unspecified atom stereocenters. The van der Waals surface area contributed by atoms with E-state index in [9.17, 15) is 10.1 Å². The lowest BCUT2D eigenvalue weighted by atomic mass is 9.89. The molecule has 3 aromatic rings. The highest BCUT2D eigenvalue weighted by Crippen LogP contribution is 2.39. The van der Waals surface area contributed by atoms with Crippen molar-refractivity contribution in [2.75, 3.05) is 5.32 Å². The van der Waals surface area contributed by atoms with Gasteiger partial charge in [0.2, 0.25) is 0 Å². The van der Waals surface area contributed by atoms with E-state index in [1.54, 1.807) is 30.3 Å². The third kappa shape index (κ3) is 3.56. The van der Waals surface area contributed by atoms with Crippen molar-refractivity contribution < 1.29 is 9.21 Å². The summed E-state index contributed by atoms with van der Waals surface area (Å²) in [5.41, 5.74) is 2.39. The average molecular weight is 431 g/mol. The summed E-state index contributed by atoms with van der Waals surface area (Å²) >= 11 is 13.5. The largest absolute Gasteiger partial charge is 0.451 e. The fourth-order valence-corrected chi connectivity index (χ4v) is 5.04. The third-order valence-corrected chi connectivity index (χ3v) is 6.79. The summed E-state index contributed by atoms with van der Waals surface area (Å²) in [4.78, 5) is 13.9. The molecule has 1 amide bonds. The topological polar surface area (TPSA) is 66.0 Å². The number of rotatable bonds is 3. The zero-order valence-electron chi connectivity index (χ0n) is 15.0. The Balaban J connectivity index is 1.58. The average Bonchev–Trinajstić information content (AvgIpc) is 3.28. The van der Waals surface area contributed by atoms with E-state index in [2.05, 4.69) is 18.3 Å². The quantitative estimate of drug-likeness (QED) is 0.511. The number of hydrogen-bond donors (Lipinski definition) is 1. The van der Waals surface area contributed by atoms with Crippen molar-refractivity contribution in [2.24, 2.45) is 5.92 Å². The first-order valence-electron chi connectivity index (χ1n) is 8.87. The number of nitrogens with zero attached hydrogens (tertiary/aromatic N) is 1. The van der Waals surface area contributed by atoms with E-state index < -0.39 is 0 Å². The van der Waals surface area contributed by atoms with E-state index in [0.29, 0.717) is 32.3 Å². The van der Waals surface area contributed by atoms with Gasteiger partial charge in [-0.2, -0.15) is 5.26 Å². The van der Waals surface area contributed by atoms with Crippen molar-refractivity contribution in [3.63, 3.8) is 0 Å². The molecular formula is C21H16Cl2N2O2S. The van der Waals surface area contributed by atoms with Crippen LogP contribution in [0.1, 0.15) is 39.9 Å². The van der Waals surface area contributed by atoms with Crippen LogP contribution in [0.4, 0.5) is 5.00 Å². The van der Waals surface area contributed by atoms with Crippen molar-refractivity contribution in [3.05, 3.63) is 62.1 Å². The number of halogens is 2. The number of hydrogen-bond acceptors (Lipinski definition) is 4. The van der Waals surface area contributed by atoms with Crippen molar-refractivity contribution in [1.82, 2.24) is 0 Å². The SMILES string of the molecule is C[C@@H]1CCc2c(sc(NC(=O)c3ccc(-c4ccc(Cl)c(Cl)c4)o3)c2C#N)C1. The molecule has 2 aromatic heterocycles. The molecule has 1 aromatic carbocycles. The Kier molecular flexibility index (Phi) is 5.20. The molecule has 7 heteroatoms. The fourth-order valence-electron chi connectivity index (χ4n) is 3.39. The van der Waals surface area contributed by atoms with E-state index in [0.717, 1.165) is 30.4 Å². The smallest absolute Gasteiger partial charge is 0.292 e. The number of fused-ring (bicyclic) bond motifs is 1. The summed E-state index contributed by atoms with van der Waals surface area (Å²) in [7, 11) is 0. The highest BCUT2D eigenvalue weighted by molar-refractivity contribution is 7.16. The molecule has 4 rings (SSSR count). The number of anilines is 1. The summed E-state index contributed by atoms with van der Waals surface area (Å²) in [5, 5.41) is 13.9. The van der Waals surface area contributed by atoms with E-state index in [-0.39, 0.29) is 11.7 Å². The number of furan rings is 1. The first-order valence-corrected chi connectivity index (χ1v) is 10.4. The standard InChI is InChI=1S/C21H16Cl2N2O2S/c1-11-2-4-13-14(10-24)21(28-19(13)8-11)25-20(26)18-7-6-17(27-18)12-3-5-15(22)16(23)9-12/h3,5-7,9,11H,2,4,8H2,1H3,(H,25,26)/t11-/m1/s1. The normalized spacial score (nSPS) is 15.7. The third-order valence-electron chi connectivity index (χ3n) is 4.88. The molecule has 0 spiro atoms. The minimum Gasteiger partial charge on any atom is -0.451 e. The minimum absolute atomic E-state index is 0.171. The lowest BCUT2D eigenvalue weighted by molar-refractivity contribution is 0.0998. The molecule has 0 saturated heterocycles. The van der Waals surface area contributed by atoms with Gasteiger partial charge in [0.15, 0.2) is 5.76 Å². The number of carbonyl (C=O) groups is 1. The van der Waals surface area contributed by atoms with Crippen LogP contribution in [0.15, 0.2) is 34.7 Å². The first kappa shape index (κ1) is 19.1. The van der Waals surface area contributed by atoms with Gasteiger partial charge in [-0.05, 0) is 61.1 Å². The van der Waals surface area contributed by atoms with Gasteiger partial charge in [0.25, 0.3) is 5.91 Å². The number of benzene rings is 1. The molecule has 0 aliphatic heterocycles. The Morgan fingerprint density at radius 1 is 1.29 bits per heavy atom. The molecule has 28 heavy (non-hydrogen) atoms. The van der Waals surface area contributed by atoms with Gasteiger partial charge in [-0.25, -0.2) is 0 Å². The molecule has 1 aliphatic rings. The summed E-state index contributed by atoms with van der Waals surface area (Å²) in [5.74, 6) is 0.905. The number of nitriles is 1. The lowest BCUT2D eigenvalue weighted by Crippen LogP contribution is -2.11. The number of nitrogens with one attached hydrogen (secondary N) is 1. The van der Waals surface area contributed by atoms with Gasteiger partial charge < -0.3 is 9.73 Å². The molecule has 1 atom stereocenters. The maximum Gasteiger partial charge on any atom is 0.292 e. The van der Waals surface area contributed by atoms with Crippen LogP contribution in [-0.2, 0) is 12.8 Å². The molecule has 0 saturated carbocycles. The molecule has 142 valence electrons. The van der Waals surface area contributed by atoms with Gasteiger partial charge in [-0.1, -0.05) is 30.1 Å². The van der Waals surface area contributed by atoms with Crippen molar-refractivity contribution in [3.8, 4) is 17.4 Å².